The summed E-state index contributed by atoms with van der Waals surface area (Å²) >= 11 is 0. The van der Waals surface area contributed by atoms with Crippen molar-refractivity contribution in [2.24, 2.45) is 17.6 Å². The minimum absolute atomic E-state index is 0.00834. The number of carbonyl (C=O) groups excluding carboxylic acids is 1. The first kappa shape index (κ1) is 12.9. The predicted octanol–water partition coefficient (Wildman–Crippen LogP) is 1.51. The Bertz CT molecular complexity index is 494. The van der Waals surface area contributed by atoms with E-state index in [-0.39, 0.29) is 23.5 Å². The summed E-state index contributed by atoms with van der Waals surface area (Å²) in [6.45, 7) is 5.74. The molecule has 0 saturated heterocycles. The van der Waals surface area contributed by atoms with Crippen molar-refractivity contribution in [1.82, 2.24) is 0 Å². The Morgan fingerprint density at radius 2 is 1.89 bits per heavy atom. The number of benzene rings is 1. The van der Waals surface area contributed by atoms with Crippen LogP contribution in [-0.4, -0.2) is 11.3 Å². The molecule has 0 heterocycles. The first-order valence-electron chi connectivity index (χ1n) is 6.24. The van der Waals surface area contributed by atoms with Gasteiger partial charge < -0.3 is 17.2 Å². The molecule has 18 heavy (non-hydrogen) atoms. The van der Waals surface area contributed by atoms with Gasteiger partial charge in [0.2, 0.25) is 0 Å². The van der Waals surface area contributed by atoms with Gasteiger partial charge in [-0.15, -0.1) is 0 Å². The summed E-state index contributed by atoms with van der Waals surface area (Å²) in [7, 11) is 0. The SMILES string of the molecule is CC(C)C(=O)C1C(c2ccc(N)c(N)c2)C1(C)N. The van der Waals surface area contributed by atoms with Gasteiger partial charge in [-0.25, -0.2) is 0 Å². The van der Waals surface area contributed by atoms with Gasteiger partial charge in [0.05, 0.1) is 11.4 Å². The first-order valence-corrected chi connectivity index (χ1v) is 6.24. The van der Waals surface area contributed by atoms with E-state index in [1.54, 1.807) is 6.07 Å². The molecule has 1 fully saturated rings. The van der Waals surface area contributed by atoms with Crippen LogP contribution in [0.2, 0.25) is 0 Å². The summed E-state index contributed by atoms with van der Waals surface area (Å²) in [4.78, 5) is 12.1. The smallest absolute Gasteiger partial charge is 0.141 e. The van der Waals surface area contributed by atoms with Gasteiger partial charge in [0.15, 0.2) is 0 Å². The van der Waals surface area contributed by atoms with E-state index < -0.39 is 5.54 Å². The summed E-state index contributed by atoms with van der Waals surface area (Å²) < 4.78 is 0. The zero-order valence-electron chi connectivity index (χ0n) is 11.1. The van der Waals surface area contributed by atoms with Crippen molar-refractivity contribution < 1.29 is 4.79 Å². The van der Waals surface area contributed by atoms with Crippen LogP contribution in [-0.2, 0) is 4.79 Å². The van der Waals surface area contributed by atoms with E-state index in [1.165, 1.54) is 0 Å². The van der Waals surface area contributed by atoms with Crippen LogP contribution in [0.1, 0.15) is 32.3 Å². The number of ketones is 1. The van der Waals surface area contributed by atoms with Gasteiger partial charge in [-0.05, 0) is 24.6 Å². The maximum absolute atomic E-state index is 12.1. The molecular weight excluding hydrogens is 226 g/mol. The zero-order chi connectivity index (χ0) is 13.7. The molecule has 3 unspecified atom stereocenters. The highest BCUT2D eigenvalue weighted by molar-refractivity contribution is 5.89. The quantitative estimate of drug-likeness (QED) is 0.705. The van der Waals surface area contributed by atoms with E-state index in [0.29, 0.717) is 11.4 Å². The average Bonchev–Trinajstić information content (AvgIpc) is 2.84. The lowest BCUT2D eigenvalue weighted by atomic mass is 10.0. The molecule has 0 spiro atoms. The van der Waals surface area contributed by atoms with Crippen LogP contribution in [0.3, 0.4) is 0 Å². The molecule has 0 amide bonds. The van der Waals surface area contributed by atoms with Gasteiger partial charge >= 0.3 is 0 Å². The number of carbonyl (C=O) groups is 1. The highest BCUT2D eigenvalue weighted by atomic mass is 16.1. The van der Waals surface area contributed by atoms with E-state index >= 15 is 0 Å². The Morgan fingerprint density at radius 3 is 2.39 bits per heavy atom. The van der Waals surface area contributed by atoms with Crippen molar-refractivity contribution in [1.29, 1.82) is 0 Å². The summed E-state index contributed by atoms with van der Waals surface area (Å²) in [6, 6.07) is 5.52. The van der Waals surface area contributed by atoms with Crippen molar-refractivity contribution in [2.75, 3.05) is 11.5 Å². The summed E-state index contributed by atoms with van der Waals surface area (Å²) in [5.74, 6) is 0.172. The Labute approximate surface area is 108 Å². The third-order valence-corrected chi connectivity index (χ3v) is 3.91. The predicted molar refractivity (Wildman–Crippen MR) is 73.9 cm³/mol. The van der Waals surface area contributed by atoms with Crippen LogP contribution in [0.5, 0.6) is 0 Å². The average molecular weight is 247 g/mol. The second-order valence-corrected chi connectivity index (χ2v) is 5.77. The van der Waals surface area contributed by atoms with Crippen LogP contribution in [0.4, 0.5) is 11.4 Å². The van der Waals surface area contributed by atoms with Gasteiger partial charge in [0.25, 0.3) is 0 Å². The molecule has 1 aromatic carbocycles. The second-order valence-electron chi connectivity index (χ2n) is 5.77. The van der Waals surface area contributed by atoms with Crippen LogP contribution >= 0.6 is 0 Å². The number of nitrogens with two attached hydrogens (primary N) is 3. The lowest BCUT2D eigenvalue weighted by Gasteiger charge is -2.06. The maximum atomic E-state index is 12.1. The number of anilines is 2. The molecule has 6 N–H and O–H groups in total. The number of rotatable bonds is 3. The molecule has 0 aliphatic heterocycles. The molecule has 1 aromatic rings. The zero-order valence-corrected chi connectivity index (χ0v) is 11.1. The van der Waals surface area contributed by atoms with Crippen LogP contribution < -0.4 is 17.2 Å². The van der Waals surface area contributed by atoms with E-state index in [0.717, 1.165) is 5.56 Å². The maximum Gasteiger partial charge on any atom is 0.141 e. The van der Waals surface area contributed by atoms with Crippen molar-refractivity contribution in [2.45, 2.75) is 32.2 Å². The normalized spacial score (nSPS) is 30.5. The fraction of sp³-hybridized carbons (Fsp3) is 0.500. The van der Waals surface area contributed by atoms with E-state index in [1.807, 2.05) is 32.9 Å². The Kier molecular flexibility index (Phi) is 2.86. The van der Waals surface area contributed by atoms with E-state index in [4.69, 9.17) is 17.2 Å². The summed E-state index contributed by atoms with van der Waals surface area (Å²) in [6.07, 6.45) is 0. The molecule has 1 saturated carbocycles. The van der Waals surface area contributed by atoms with Gasteiger partial charge in [0.1, 0.15) is 5.78 Å². The highest BCUT2D eigenvalue weighted by Gasteiger charge is 2.63. The van der Waals surface area contributed by atoms with Gasteiger partial charge in [-0.3, -0.25) is 4.79 Å². The fourth-order valence-electron chi connectivity index (χ4n) is 2.70. The number of Topliss-reactive ketones (excluding diaryl/α,β-unsaturated/α-hetero) is 1. The number of nitrogen functional groups attached to an aromatic ring is 2. The molecular formula is C14H21N3O. The minimum Gasteiger partial charge on any atom is -0.397 e. The number of hydrogen-bond donors (Lipinski definition) is 3. The van der Waals surface area contributed by atoms with Gasteiger partial charge in [0, 0.05) is 23.3 Å². The molecule has 4 nitrogen and oxygen atoms in total. The van der Waals surface area contributed by atoms with Crippen molar-refractivity contribution in [3.63, 3.8) is 0 Å². The molecule has 0 radical (unpaired) electrons. The third-order valence-electron chi connectivity index (χ3n) is 3.91. The van der Waals surface area contributed by atoms with Gasteiger partial charge in [-0.2, -0.15) is 0 Å². The van der Waals surface area contributed by atoms with Crippen LogP contribution in [0.25, 0.3) is 0 Å². The third kappa shape index (κ3) is 1.86. The Morgan fingerprint density at radius 1 is 1.28 bits per heavy atom. The molecule has 0 bridgehead atoms. The second kappa shape index (κ2) is 3.99. The van der Waals surface area contributed by atoms with Crippen molar-refractivity contribution in [3.8, 4) is 0 Å². The number of hydrogen-bond acceptors (Lipinski definition) is 4. The van der Waals surface area contributed by atoms with Crippen LogP contribution in [0, 0.1) is 11.8 Å². The monoisotopic (exact) mass is 247 g/mol. The molecule has 1 aliphatic rings. The molecule has 3 atom stereocenters. The lowest BCUT2D eigenvalue weighted by molar-refractivity contribution is -0.123. The van der Waals surface area contributed by atoms with Crippen molar-refractivity contribution >= 4 is 17.2 Å². The lowest BCUT2D eigenvalue weighted by Crippen LogP contribution is -2.25. The molecule has 0 aromatic heterocycles. The molecule has 98 valence electrons. The first-order chi connectivity index (χ1) is 8.26. The van der Waals surface area contributed by atoms with Crippen LogP contribution in [0.15, 0.2) is 18.2 Å². The van der Waals surface area contributed by atoms with E-state index in [2.05, 4.69) is 0 Å². The van der Waals surface area contributed by atoms with Gasteiger partial charge in [-0.1, -0.05) is 19.9 Å². The molecule has 2 rings (SSSR count). The molecule has 1 aliphatic carbocycles. The van der Waals surface area contributed by atoms with Crippen molar-refractivity contribution in [3.05, 3.63) is 23.8 Å². The van der Waals surface area contributed by atoms with E-state index in [9.17, 15) is 4.79 Å². The summed E-state index contributed by atoms with van der Waals surface area (Å²) in [5, 5.41) is 0. The minimum atomic E-state index is -0.468. The highest BCUT2D eigenvalue weighted by Crippen LogP contribution is 2.57. The topological polar surface area (TPSA) is 95.1 Å². The summed E-state index contributed by atoms with van der Waals surface area (Å²) in [5.41, 5.74) is 19.4. The largest absolute Gasteiger partial charge is 0.397 e. The molecule has 4 heteroatoms. The Balaban J connectivity index is 2.30. The Hall–Kier alpha value is -1.55. The fourth-order valence-corrected chi connectivity index (χ4v) is 2.70. The standard InChI is InChI=1S/C14H21N3O/c1-7(2)13(18)12-11(14(12,3)17)8-4-5-9(15)10(16)6-8/h4-7,11-12H,15-17H2,1-3H3.